The van der Waals surface area contributed by atoms with Gasteiger partial charge in [-0.3, -0.25) is 4.90 Å². The van der Waals surface area contributed by atoms with E-state index in [2.05, 4.69) is 15.6 Å². The zero-order valence-electron chi connectivity index (χ0n) is 25.1. The molecule has 0 aliphatic carbocycles. The lowest BCUT2D eigenvalue weighted by molar-refractivity contribution is 0.0121. The summed E-state index contributed by atoms with van der Waals surface area (Å²) in [7, 11) is 3.29. The van der Waals surface area contributed by atoms with Gasteiger partial charge in [-0.25, -0.2) is 23.7 Å². The first-order valence-corrected chi connectivity index (χ1v) is 14.8. The summed E-state index contributed by atoms with van der Waals surface area (Å²) in [5, 5.41) is 7.73. The number of ether oxygens (including phenoxy) is 3. The molecule has 0 bridgehead atoms. The Kier molecular flexibility index (Phi) is 9.57. The van der Waals surface area contributed by atoms with Gasteiger partial charge in [0.1, 0.15) is 17.0 Å². The van der Waals surface area contributed by atoms with Crippen LogP contribution < -0.4 is 20.1 Å². The van der Waals surface area contributed by atoms with E-state index < -0.39 is 5.92 Å². The van der Waals surface area contributed by atoms with Crippen LogP contribution >= 0.6 is 0 Å². The van der Waals surface area contributed by atoms with Gasteiger partial charge in [0, 0.05) is 67.0 Å². The van der Waals surface area contributed by atoms with Gasteiger partial charge in [-0.1, -0.05) is 0 Å². The largest absolute Gasteiger partial charge is 0.496 e. The summed E-state index contributed by atoms with van der Waals surface area (Å²) in [6, 6.07) is 3.89. The Hall–Kier alpha value is -3.31. The number of halogens is 2. The maximum Gasteiger partial charge on any atom is 0.261 e. The fraction of sp³-hybridized carbons (Fsp3) is 0.581. The average molecular weight is 585 g/mol. The number of fused-ring (bicyclic) bond motifs is 1. The summed E-state index contributed by atoms with van der Waals surface area (Å²) in [5.41, 5.74) is 4.35. The Bertz CT molecular complexity index is 1350. The van der Waals surface area contributed by atoms with E-state index in [1.54, 1.807) is 14.2 Å². The van der Waals surface area contributed by atoms with Crippen molar-refractivity contribution >= 4 is 22.7 Å². The van der Waals surface area contributed by atoms with E-state index >= 15 is 0 Å². The van der Waals surface area contributed by atoms with E-state index in [-0.39, 0.29) is 13.0 Å². The lowest BCUT2D eigenvalue weighted by Gasteiger charge is -2.22. The first-order valence-electron chi connectivity index (χ1n) is 14.8. The molecule has 3 aromatic rings. The quantitative estimate of drug-likeness (QED) is 0.260. The number of hydrogen-bond acceptors (Lipinski definition) is 9. The molecule has 2 saturated heterocycles. The van der Waals surface area contributed by atoms with Gasteiger partial charge < -0.3 is 24.8 Å². The number of likely N-dealkylation sites (tertiary alicyclic amines) is 1. The molecular formula is C31H42F2N6O3. The van der Waals surface area contributed by atoms with Gasteiger partial charge in [0.05, 0.1) is 33.1 Å². The SMILES string of the molecule is COc1cc(OC)c(C)c(-c2cc3cnc(NCC4CCCOC4)nc3c(NCCCCN3CCC(F)(F)C3)n2)c1C. The first-order chi connectivity index (χ1) is 20.3. The van der Waals surface area contributed by atoms with Crippen LogP contribution in [0.25, 0.3) is 22.2 Å². The number of unbranched alkanes of at least 4 members (excludes halogenated alkanes) is 1. The second kappa shape index (κ2) is 13.3. The minimum absolute atomic E-state index is 0.0499. The Morgan fingerprint density at radius 2 is 1.86 bits per heavy atom. The molecule has 5 rings (SSSR count). The lowest BCUT2D eigenvalue weighted by atomic mass is 9.97. The number of rotatable bonds is 12. The van der Waals surface area contributed by atoms with E-state index in [1.165, 1.54) is 0 Å². The molecular weight excluding hydrogens is 542 g/mol. The molecule has 2 N–H and O–H groups in total. The van der Waals surface area contributed by atoms with Crippen molar-refractivity contribution in [2.24, 2.45) is 5.92 Å². The molecule has 0 spiro atoms. The molecule has 11 heteroatoms. The van der Waals surface area contributed by atoms with Crippen molar-refractivity contribution in [2.75, 3.05) is 70.8 Å². The van der Waals surface area contributed by atoms with Crippen LogP contribution in [-0.4, -0.2) is 85.9 Å². The van der Waals surface area contributed by atoms with Gasteiger partial charge in [-0.15, -0.1) is 0 Å². The standard InChI is InChI=1S/C31H42F2N6O3/c1-20-25(40-3)15-26(41-4)21(2)27(20)24-14-23-17-36-30(35-16-22-8-7-13-42-18-22)38-28(23)29(37-24)34-10-5-6-11-39-12-9-31(32,33)19-39/h14-15,17,22H,5-13,16,18-19H2,1-4H3,(H,34,37)(H,35,36,38). The second-order valence-electron chi connectivity index (χ2n) is 11.4. The number of methoxy groups -OCH3 is 2. The summed E-state index contributed by atoms with van der Waals surface area (Å²) in [4.78, 5) is 16.4. The maximum atomic E-state index is 13.6. The molecule has 2 aliphatic heterocycles. The molecule has 2 aromatic heterocycles. The highest BCUT2D eigenvalue weighted by atomic mass is 19.3. The van der Waals surface area contributed by atoms with Crippen LogP contribution in [0.4, 0.5) is 20.5 Å². The summed E-state index contributed by atoms with van der Waals surface area (Å²) >= 11 is 0. The van der Waals surface area contributed by atoms with Crippen LogP contribution in [-0.2, 0) is 4.74 Å². The monoisotopic (exact) mass is 584 g/mol. The summed E-state index contributed by atoms with van der Waals surface area (Å²) in [6.07, 6.45) is 5.60. The van der Waals surface area contributed by atoms with Crippen LogP contribution in [0.2, 0.25) is 0 Å². The molecule has 9 nitrogen and oxygen atoms in total. The van der Waals surface area contributed by atoms with Crippen molar-refractivity contribution in [1.29, 1.82) is 0 Å². The third kappa shape index (κ3) is 7.00. The van der Waals surface area contributed by atoms with Crippen LogP contribution in [0, 0.1) is 19.8 Å². The fourth-order valence-electron chi connectivity index (χ4n) is 5.92. The predicted octanol–water partition coefficient (Wildman–Crippen LogP) is 5.70. The number of nitrogens with one attached hydrogen (secondary N) is 2. The van der Waals surface area contributed by atoms with Crippen LogP contribution in [0.1, 0.15) is 43.2 Å². The Balaban J connectivity index is 1.40. The molecule has 4 heterocycles. The maximum absolute atomic E-state index is 13.6. The zero-order valence-corrected chi connectivity index (χ0v) is 25.1. The minimum Gasteiger partial charge on any atom is -0.496 e. The number of anilines is 2. The molecule has 1 unspecified atom stereocenters. The summed E-state index contributed by atoms with van der Waals surface area (Å²) in [6.45, 7) is 7.96. The van der Waals surface area contributed by atoms with Gasteiger partial charge in [0.15, 0.2) is 5.82 Å². The minimum atomic E-state index is -2.56. The molecule has 228 valence electrons. The van der Waals surface area contributed by atoms with E-state index in [1.807, 2.05) is 37.1 Å². The molecule has 2 fully saturated rings. The van der Waals surface area contributed by atoms with Crippen molar-refractivity contribution < 1.29 is 23.0 Å². The Morgan fingerprint density at radius 1 is 1.07 bits per heavy atom. The smallest absolute Gasteiger partial charge is 0.261 e. The number of aromatic nitrogens is 3. The Morgan fingerprint density at radius 3 is 2.52 bits per heavy atom. The highest BCUT2D eigenvalue weighted by Crippen LogP contribution is 2.40. The third-order valence-corrected chi connectivity index (χ3v) is 8.26. The van der Waals surface area contributed by atoms with E-state index in [0.29, 0.717) is 37.3 Å². The molecule has 1 atom stereocenters. The zero-order chi connectivity index (χ0) is 29.7. The number of nitrogens with zero attached hydrogens (tertiary/aromatic N) is 4. The van der Waals surface area contributed by atoms with Crippen molar-refractivity contribution in [1.82, 2.24) is 19.9 Å². The van der Waals surface area contributed by atoms with Crippen molar-refractivity contribution in [3.8, 4) is 22.8 Å². The number of hydrogen-bond donors (Lipinski definition) is 2. The first kappa shape index (κ1) is 30.2. The molecule has 0 amide bonds. The predicted molar refractivity (Wildman–Crippen MR) is 161 cm³/mol. The fourth-order valence-corrected chi connectivity index (χ4v) is 5.92. The van der Waals surface area contributed by atoms with Crippen molar-refractivity contribution in [3.05, 3.63) is 29.5 Å². The highest BCUT2D eigenvalue weighted by molar-refractivity contribution is 5.92. The number of benzene rings is 1. The molecule has 42 heavy (non-hydrogen) atoms. The van der Waals surface area contributed by atoms with Gasteiger partial charge >= 0.3 is 0 Å². The molecule has 0 radical (unpaired) electrons. The molecule has 2 aliphatic rings. The number of pyridine rings is 1. The topological polar surface area (TPSA) is 93.7 Å². The number of alkyl halides is 2. The molecule has 1 aromatic carbocycles. The van der Waals surface area contributed by atoms with Gasteiger partial charge in [0.25, 0.3) is 5.92 Å². The van der Waals surface area contributed by atoms with Crippen molar-refractivity contribution in [3.63, 3.8) is 0 Å². The van der Waals surface area contributed by atoms with Crippen LogP contribution in [0.3, 0.4) is 0 Å². The van der Waals surface area contributed by atoms with Gasteiger partial charge in [-0.2, -0.15) is 0 Å². The van der Waals surface area contributed by atoms with Crippen LogP contribution in [0.5, 0.6) is 11.5 Å². The van der Waals surface area contributed by atoms with E-state index in [0.717, 1.165) is 90.2 Å². The second-order valence-corrected chi connectivity index (χ2v) is 11.4. The third-order valence-electron chi connectivity index (χ3n) is 8.26. The van der Waals surface area contributed by atoms with Gasteiger partial charge in [0.2, 0.25) is 5.95 Å². The van der Waals surface area contributed by atoms with E-state index in [4.69, 9.17) is 24.2 Å². The van der Waals surface area contributed by atoms with Gasteiger partial charge in [-0.05, 0) is 58.1 Å². The Labute approximate surface area is 246 Å². The van der Waals surface area contributed by atoms with E-state index in [9.17, 15) is 8.78 Å². The summed E-state index contributed by atoms with van der Waals surface area (Å²) < 4.78 is 44.0. The summed E-state index contributed by atoms with van der Waals surface area (Å²) in [5.74, 6) is 0.521. The lowest BCUT2D eigenvalue weighted by Crippen LogP contribution is -2.26. The van der Waals surface area contributed by atoms with Crippen LogP contribution in [0.15, 0.2) is 18.3 Å². The normalized spacial score (nSPS) is 18.8. The van der Waals surface area contributed by atoms with Crippen molar-refractivity contribution in [2.45, 2.75) is 51.9 Å². The average Bonchev–Trinajstić information content (AvgIpc) is 3.34. The highest BCUT2D eigenvalue weighted by Gasteiger charge is 2.37. The molecule has 0 saturated carbocycles.